The number of benzene rings is 7. The second-order valence-electron chi connectivity index (χ2n) is 13.3. The second-order valence-corrected chi connectivity index (χ2v) is 13.3. The van der Waals surface area contributed by atoms with E-state index >= 15 is 0 Å². The molecule has 7 aromatic carbocycles. The van der Waals surface area contributed by atoms with Crippen molar-refractivity contribution in [3.63, 3.8) is 0 Å². The van der Waals surface area contributed by atoms with Crippen molar-refractivity contribution in [3.05, 3.63) is 187 Å². The SMILES string of the molecule is c1ccc(-c2cccc(N3c4ccccc4C4C3c3ccccc3N4c3cccc(-n4c5ccccc5c5c6ccccc6oc54)c3)c2)cc1. The van der Waals surface area contributed by atoms with Crippen molar-refractivity contribution in [2.75, 3.05) is 9.80 Å². The van der Waals surface area contributed by atoms with Crippen LogP contribution in [-0.4, -0.2) is 4.57 Å². The monoisotopic (exact) mass is 641 g/mol. The molecule has 0 bridgehead atoms. The molecular formula is C46H31N3O. The molecule has 0 saturated carbocycles. The van der Waals surface area contributed by atoms with Crippen molar-refractivity contribution in [1.29, 1.82) is 0 Å². The first-order valence-electron chi connectivity index (χ1n) is 17.3. The molecule has 0 spiro atoms. The van der Waals surface area contributed by atoms with Crippen LogP contribution in [0.25, 0.3) is 49.8 Å². The van der Waals surface area contributed by atoms with Crippen molar-refractivity contribution >= 4 is 55.7 Å². The lowest BCUT2D eigenvalue weighted by atomic mass is 10.00. The van der Waals surface area contributed by atoms with Crippen LogP contribution in [-0.2, 0) is 0 Å². The first-order chi connectivity index (χ1) is 24.8. The Balaban J connectivity index is 1.09. The lowest BCUT2D eigenvalue weighted by Crippen LogP contribution is -2.24. The molecule has 4 heterocycles. The fourth-order valence-electron chi connectivity index (χ4n) is 8.66. The van der Waals surface area contributed by atoms with Gasteiger partial charge in [0.1, 0.15) is 5.58 Å². The van der Waals surface area contributed by atoms with E-state index in [-0.39, 0.29) is 12.1 Å². The van der Waals surface area contributed by atoms with Gasteiger partial charge < -0.3 is 14.2 Å². The van der Waals surface area contributed by atoms with Gasteiger partial charge in [0.15, 0.2) is 0 Å². The van der Waals surface area contributed by atoms with Gasteiger partial charge in [-0.3, -0.25) is 4.57 Å². The molecule has 0 radical (unpaired) electrons. The standard InChI is InChI=1S/C46H31N3O/c1-2-14-30(15-3-1)31-16-12-17-32(28-31)47-40-25-9-5-21-36(40)45-44(47)37-22-6-10-26-41(37)48(45)33-18-13-19-34(29-33)49-39-24-8-4-20-35(39)43-38-23-7-11-27-42(38)50-46(43)49/h1-29,44-45H. The summed E-state index contributed by atoms with van der Waals surface area (Å²) in [4.78, 5) is 5.12. The lowest BCUT2D eigenvalue weighted by Gasteiger charge is -2.30. The molecule has 0 saturated heterocycles. The predicted molar refractivity (Wildman–Crippen MR) is 205 cm³/mol. The van der Waals surface area contributed by atoms with E-state index in [4.69, 9.17) is 4.42 Å². The van der Waals surface area contributed by atoms with Gasteiger partial charge in [-0.1, -0.05) is 121 Å². The molecule has 0 amide bonds. The van der Waals surface area contributed by atoms with Gasteiger partial charge in [0.25, 0.3) is 0 Å². The molecule has 0 fully saturated rings. The maximum Gasteiger partial charge on any atom is 0.213 e. The highest BCUT2D eigenvalue weighted by atomic mass is 16.3. The summed E-state index contributed by atoms with van der Waals surface area (Å²) >= 11 is 0. The number of rotatable bonds is 4. The van der Waals surface area contributed by atoms with E-state index < -0.39 is 0 Å². The number of nitrogens with zero attached hydrogens (tertiary/aromatic N) is 3. The fourth-order valence-corrected chi connectivity index (χ4v) is 8.66. The van der Waals surface area contributed by atoms with Crippen LogP contribution < -0.4 is 9.80 Å². The van der Waals surface area contributed by atoms with Crippen LogP contribution in [0.2, 0.25) is 0 Å². The zero-order valence-corrected chi connectivity index (χ0v) is 27.1. The summed E-state index contributed by atoms with van der Waals surface area (Å²) in [5.74, 6) is 0. The topological polar surface area (TPSA) is 24.6 Å². The summed E-state index contributed by atoms with van der Waals surface area (Å²) < 4.78 is 8.90. The van der Waals surface area contributed by atoms with Crippen LogP contribution in [0.3, 0.4) is 0 Å². The molecule has 4 nitrogen and oxygen atoms in total. The van der Waals surface area contributed by atoms with E-state index in [1.165, 1.54) is 44.7 Å². The highest BCUT2D eigenvalue weighted by Crippen LogP contribution is 2.62. The average Bonchev–Trinajstić information content (AvgIpc) is 3.91. The van der Waals surface area contributed by atoms with E-state index in [9.17, 15) is 0 Å². The molecule has 50 heavy (non-hydrogen) atoms. The van der Waals surface area contributed by atoms with Crippen molar-refractivity contribution < 1.29 is 4.42 Å². The van der Waals surface area contributed by atoms with Gasteiger partial charge in [0.2, 0.25) is 5.71 Å². The number of furan rings is 1. The molecule has 2 aliphatic rings. The minimum atomic E-state index is 0.0897. The smallest absolute Gasteiger partial charge is 0.213 e. The largest absolute Gasteiger partial charge is 0.439 e. The Morgan fingerprint density at radius 2 is 0.980 bits per heavy atom. The number of aromatic nitrogens is 1. The van der Waals surface area contributed by atoms with Gasteiger partial charge in [-0.05, 0) is 65.7 Å². The fraction of sp³-hybridized carbons (Fsp3) is 0.0435. The van der Waals surface area contributed by atoms with Crippen LogP contribution >= 0.6 is 0 Å². The highest BCUT2D eigenvalue weighted by molar-refractivity contribution is 6.19. The maximum atomic E-state index is 6.61. The molecule has 2 aliphatic heterocycles. The Labute approximate surface area is 289 Å². The Kier molecular flexibility index (Phi) is 5.75. The van der Waals surface area contributed by atoms with Crippen molar-refractivity contribution in [2.24, 2.45) is 0 Å². The van der Waals surface area contributed by atoms with Gasteiger partial charge in [-0.25, -0.2) is 0 Å². The second kappa shape index (κ2) is 10.5. The normalized spacial score (nSPS) is 16.3. The predicted octanol–water partition coefficient (Wildman–Crippen LogP) is 12.3. The molecule has 236 valence electrons. The van der Waals surface area contributed by atoms with E-state index in [1.807, 2.05) is 6.07 Å². The minimum absolute atomic E-state index is 0.0897. The molecule has 11 rings (SSSR count). The number of hydrogen-bond acceptors (Lipinski definition) is 3. The van der Waals surface area contributed by atoms with Crippen LogP contribution in [0.1, 0.15) is 23.2 Å². The summed E-state index contributed by atoms with van der Waals surface area (Å²) in [6.45, 7) is 0. The first kappa shape index (κ1) is 27.4. The van der Waals surface area contributed by atoms with E-state index in [0.29, 0.717) is 0 Å². The first-order valence-corrected chi connectivity index (χ1v) is 17.3. The molecule has 4 heteroatoms. The van der Waals surface area contributed by atoms with Crippen LogP contribution in [0.5, 0.6) is 0 Å². The highest BCUT2D eigenvalue weighted by Gasteiger charge is 2.49. The Morgan fingerprint density at radius 3 is 1.74 bits per heavy atom. The van der Waals surface area contributed by atoms with Crippen LogP contribution in [0, 0.1) is 0 Å². The Hall–Kier alpha value is -6.52. The van der Waals surface area contributed by atoms with Crippen molar-refractivity contribution in [3.8, 4) is 16.8 Å². The van der Waals surface area contributed by atoms with Gasteiger partial charge in [0.05, 0.1) is 28.7 Å². The summed E-state index contributed by atoms with van der Waals surface area (Å²) in [6.07, 6.45) is 0. The summed E-state index contributed by atoms with van der Waals surface area (Å²) in [6, 6.07) is 63.7. The van der Waals surface area contributed by atoms with Crippen molar-refractivity contribution in [1.82, 2.24) is 4.57 Å². The Morgan fingerprint density at radius 1 is 0.420 bits per heavy atom. The molecule has 2 atom stereocenters. The number of fused-ring (bicyclic) bond motifs is 10. The summed E-state index contributed by atoms with van der Waals surface area (Å²) in [7, 11) is 0. The van der Waals surface area contributed by atoms with Gasteiger partial charge in [-0.2, -0.15) is 0 Å². The zero-order valence-electron chi connectivity index (χ0n) is 27.1. The van der Waals surface area contributed by atoms with Gasteiger partial charge >= 0.3 is 0 Å². The third-order valence-electron chi connectivity index (χ3n) is 10.7. The van der Waals surface area contributed by atoms with E-state index in [1.54, 1.807) is 0 Å². The lowest BCUT2D eigenvalue weighted by molar-refractivity contribution is 0.633. The number of hydrogen-bond donors (Lipinski definition) is 0. The molecule has 2 unspecified atom stereocenters. The number of para-hydroxylation sites is 4. The minimum Gasteiger partial charge on any atom is -0.439 e. The average molecular weight is 642 g/mol. The molecule has 0 aliphatic carbocycles. The van der Waals surface area contributed by atoms with E-state index in [0.717, 1.165) is 39.0 Å². The van der Waals surface area contributed by atoms with Gasteiger partial charge in [-0.15, -0.1) is 0 Å². The molecular weight excluding hydrogens is 611 g/mol. The van der Waals surface area contributed by atoms with Crippen LogP contribution in [0.15, 0.2) is 180 Å². The molecule has 2 aromatic heterocycles. The number of anilines is 4. The van der Waals surface area contributed by atoms with Crippen molar-refractivity contribution in [2.45, 2.75) is 12.1 Å². The van der Waals surface area contributed by atoms with E-state index in [2.05, 4.69) is 184 Å². The molecule has 0 N–H and O–H groups in total. The summed E-state index contributed by atoms with van der Waals surface area (Å²) in [5, 5.41) is 3.50. The summed E-state index contributed by atoms with van der Waals surface area (Å²) in [5.41, 5.74) is 13.9. The third-order valence-corrected chi connectivity index (χ3v) is 10.7. The van der Waals surface area contributed by atoms with Gasteiger partial charge in [0, 0.05) is 44.6 Å². The maximum absolute atomic E-state index is 6.61. The zero-order chi connectivity index (χ0) is 32.8. The Bertz CT molecular complexity index is 2760. The quantitative estimate of drug-likeness (QED) is 0.191. The molecule has 9 aromatic rings. The third kappa shape index (κ3) is 3.81. The van der Waals surface area contributed by atoms with Crippen LogP contribution in [0.4, 0.5) is 22.7 Å².